The molecule has 8 heteroatoms. The van der Waals surface area contributed by atoms with Crippen molar-refractivity contribution in [1.82, 2.24) is 30.3 Å². The quantitative estimate of drug-likeness (QED) is 0.366. The molecule has 0 spiro atoms. The first-order chi connectivity index (χ1) is 12.7. The minimum atomic E-state index is 0.541. The third-order valence-corrected chi connectivity index (χ3v) is 5.74. The molecule has 0 bridgehead atoms. The van der Waals surface area contributed by atoms with Crippen LogP contribution in [0.5, 0.6) is 0 Å². The molecule has 1 atom stereocenters. The van der Waals surface area contributed by atoms with Gasteiger partial charge in [-0.2, -0.15) is 11.8 Å². The molecule has 2 rings (SSSR count). The van der Waals surface area contributed by atoms with Gasteiger partial charge in [-0.1, -0.05) is 6.92 Å². The number of aliphatic imine (C=N–C) groups is 1. The van der Waals surface area contributed by atoms with E-state index in [4.69, 9.17) is 4.99 Å². The summed E-state index contributed by atoms with van der Waals surface area (Å²) in [5.74, 6) is 3.91. The van der Waals surface area contributed by atoms with E-state index in [0.717, 1.165) is 43.7 Å². The lowest BCUT2D eigenvalue weighted by Gasteiger charge is -2.24. The summed E-state index contributed by atoms with van der Waals surface area (Å²) in [6, 6.07) is 0.612. The first-order valence-corrected chi connectivity index (χ1v) is 11.1. The standard InChI is InChI=1S/C18H35N7S/c1-5-25-11-8-9-16(25)13-20-18(19-10-6-7-12-26-4)21-14-17-23-22-15(2)24(17)3/h16H,5-14H2,1-4H3,(H2,19,20,21). The predicted molar refractivity (Wildman–Crippen MR) is 111 cm³/mol. The highest BCUT2D eigenvalue weighted by atomic mass is 32.2. The maximum absolute atomic E-state index is 4.75. The van der Waals surface area contributed by atoms with Gasteiger partial charge in [-0.25, -0.2) is 4.99 Å². The van der Waals surface area contributed by atoms with Crippen molar-refractivity contribution in [3.8, 4) is 0 Å². The largest absolute Gasteiger partial charge is 0.356 e. The Balaban J connectivity index is 1.89. The highest BCUT2D eigenvalue weighted by Crippen LogP contribution is 2.15. The monoisotopic (exact) mass is 381 g/mol. The zero-order valence-electron chi connectivity index (χ0n) is 16.8. The van der Waals surface area contributed by atoms with Crippen molar-refractivity contribution in [3.05, 3.63) is 11.6 Å². The van der Waals surface area contributed by atoms with Crippen LogP contribution in [-0.2, 0) is 13.6 Å². The van der Waals surface area contributed by atoms with E-state index in [-0.39, 0.29) is 0 Å². The Kier molecular flexibility index (Phi) is 9.25. The summed E-state index contributed by atoms with van der Waals surface area (Å²) < 4.78 is 2.00. The van der Waals surface area contributed by atoms with E-state index < -0.39 is 0 Å². The van der Waals surface area contributed by atoms with Crippen LogP contribution < -0.4 is 10.6 Å². The summed E-state index contributed by atoms with van der Waals surface area (Å²) in [5, 5.41) is 15.4. The van der Waals surface area contributed by atoms with Crippen LogP contribution in [0.1, 0.15) is 44.3 Å². The Morgan fingerprint density at radius 3 is 2.85 bits per heavy atom. The lowest BCUT2D eigenvalue weighted by molar-refractivity contribution is 0.267. The summed E-state index contributed by atoms with van der Waals surface area (Å²) in [4.78, 5) is 7.30. The van der Waals surface area contributed by atoms with E-state index in [2.05, 4.69) is 38.9 Å². The average molecular weight is 382 g/mol. The molecular formula is C18H35N7S. The Morgan fingerprint density at radius 2 is 2.15 bits per heavy atom. The molecule has 2 N–H and O–H groups in total. The Labute approximate surface area is 162 Å². The molecule has 1 aromatic rings. The van der Waals surface area contributed by atoms with Gasteiger partial charge >= 0.3 is 0 Å². The SMILES string of the molecule is CCN1CCCC1CNC(=NCc1nnc(C)n1C)NCCCCSC. The normalized spacial score (nSPS) is 18.5. The number of nitrogens with zero attached hydrogens (tertiary/aromatic N) is 5. The van der Waals surface area contributed by atoms with Gasteiger partial charge in [-0.05, 0) is 57.7 Å². The van der Waals surface area contributed by atoms with Crippen molar-refractivity contribution in [2.75, 3.05) is 38.2 Å². The van der Waals surface area contributed by atoms with E-state index in [1.54, 1.807) is 0 Å². The van der Waals surface area contributed by atoms with E-state index >= 15 is 0 Å². The Hall–Kier alpha value is -1.28. The first kappa shape index (κ1) is 21.0. The highest BCUT2D eigenvalue weighted by molar-refractivity contribution is 7.98. The maximum atomic E-state index is 4.75. The van der Waals surface area contributed by atoms with Crippen LogP contribution in [-0.4, -0.2) is 69.9 Å². The van der Waals surface area contributed by atoms with Gasteiger partial charge in [-0.3, -0.25) is 4.90 Å². The number of hydrogen-bond acceptors (Lipinski definition) is 5. The average Bonchev–Trinajstić information content (AvgIpc) is 3.23. The van der Waals surface area contributed by atoms with Gasteiger partial charge in [0, 0.05) is 26.2 Å². The zero-order valence-corrected chi connectivity index (χ0v) is 17.6. The zero-order chi connectivity index (χ0) is 18.8. The number of aryl methyl sites for hydroxylation is 1. The molecule has 26 heavy (non-hydrogen) atoms. The molecule has 0 aromatic carbocycles. The molecule has 2 heterocycles. The molecule has 0 amide bonds. The van der Waals surface area contributed by atoms with Gasteiger partial charge in [-0.15, -0.1) is 10.2 Å². The third kappa shape index (κ3) is 6.46. The van der Waals surface area contributed by atoms with E-state index in [1.807, 2.05) is 30.3 Å². The summed E-state index contributed by atoms with van der Waals surface area (Å²) in [6.45, 7) is 8.99. The Morgan fingerprint density at radius 1 is 1.31 bits per heavy atom. The number of rotatable bonds is 10. The smallest absolute Gasteiger partial charge is 0.191 e. The fraction of sp³-hybridized carbons (Fsp3) is 0.833. The number of hydrogen-bond donors (Lipinski definition) is 2. The molecule has 0 aliphatic carbocycles. The van der Waals surface area contributed by atoms with E-state index in [9.17, 15) is 0 Å². The molecule has 148 valence electrons. The molecular weight excluding hydrogens is 346 g/mol. The predicted octanol–water partition coefficient (Wildman–Crippen LogP) is 1.79. The molecule has 7 nitrogen and oxygen atoms in total. The van der Waals surface area contributed by atoms with E-state index in [0.29, 0.717) is 12.6 Å². The van der Waals surface area contributed by atoms with Gasteiger partial charge < -0.3 is 15.2 Å². The van der Waals surface area contributed by atoms with Crippen molar-refractivity contribution < 1.29 is 0 Å². The van der Waals surface area contributed by atoms with Crippen molar-refractivity contribution in [3.63, 3.8) is 0 Å². The van der Waals surface area contributed by atoms with Gasteiger partial charge in [0.1, 0.15) is 12.4 Å². The number of likely N-dealkylation sites (N-methyl/N-ethyl adjacent to an activating group) is 1. The van der Waals surface area contributed by atoms with Gasteiger partial charge in [0.05, 0.1) is 0 Å². The summed E-state index contributed by atoms with van der Waals surface area (Å²) >= 11 is 1.90. The summed E-state index contributed by atoms with van der Waals surface area (Å²) in [6.07, 6.45) is 7.12. The minimum absolute atomic E-state index is 0.541. The lowest BCUT2D eigenvalue weighted by atomic mass is 10.2. The number of unbranched alkanes of at least 4 members (excludes halogenated alkanes) is 1. The number of likely N-dealkylation sites (tertiary alicyclic amines) is 1. The van der Waals surface area contributed by atoms with Crippen molar-refractivity contribution >= 4 is 17.7 Å². The second-order valence-electron chi connectivity index (χ2n) is 6.82. The van der Waals surface area contributed by atoms with Crippen LogP contribution in [0.3, 0.4) is 0 Å². The minimum Gasteiger partial charge on any atom is -0.356 e. The van der Waals surface area contributed by atoms with Gasteiger partial charge in [0.15, 0.2) is 11.8 Å². The number of thioether (sulfide) groups is 1. The second-order valence-corrected chi connectivity index (χ2v) is 7.81. The van der Waals surface area contributed by atoms with Crippen LogP contribution in [0.25, 0.3) is 0 Å². The fourth-order valence-corrected chi connectivity index (χ4v) is 3.74. The molecule has 1 aliphatic rings. The van der Waals surface area contributed by atoms with E-state index in [1.165, 1.54) is 31.6 Å². The van der Waals surface area contributed by atoms with Crippen molar-refractivity contribution in [2.24, 2.45) is 12.0 Å². The lowest BCUT2D eigenvalue weighted by Crippen LogP contribution is -2.45. The molecule has 0 radical (unpaired) electrons. The topological polar surface area (TPSA) is 70.4 Å². The number of guanidine groups is 1. The Bertz CT molecular complexity index is 558. The molecule has 1 unspecified atom stereocenters. The second kappa shape index (κ2) is 11.4. The van der Waals surface area contributed by atoms with Crippen LogP contribution >= 0.6 is 11.8 Å². The van der Waals surface area contributed by atoms with Crippen molar-refractivity contribution in [1.29, 1.82) is 0 Å². The van der Waals surface area contributed by atoms with Crippen LogP contribution in [0.2, 0.25) is 0 Å². The molecule has 1 saturated heterocycles. The highest BCUT2D eigenvalue weighted by Gasteiger charge is 2.22. The molecule has 1 aliphatic heterocycles. The van der Waals surface area contributed by atoms with Gasteiger partial charge in [0.2, 0.25) is 0 Å². The summed E-state index contributed by atoms with van der Waals surface area (Å²) in [7, 11) is 1.99. The number of aromatic nitrogens is 3. The molecule has 0 saturated carbocycles. The van der Waals surface area contributed by atoms with Gasteiger partial charge in [0.25, 0.3) is 0 Å². The number of nitrogens with one attached hydrogen (secondary N) is 2. The third-order valence-electron chi connectivity index (χ3n) is 5.04. The molecule has 1 fully saturated rings. The summed E-state index contributed by atoms with van der Waals surface area (Å²) in [5.41, 5.74) is 0. The van der Waals surface area contributed by atoms with Crippen LogP contribution in [0, 0.1) is 6.92 Å². The van der Waals surface area contributed by atoms with Crippen LogP contribution in [0.4, 0.5) is 0 Å². The first-order valence-electron chi connectivity index (χ1n) is 9.75. The maximum Gasteiger partial charge on any atom is 0.191 e. The molecule has 1 aromatic heterocycles. The fourth-order valence-electron chi connectivity index (χ4n) is 3.25. The van der Waals surface area contributed by atoms with Crippen molar-refractivity contribution in [2.45, 2.75) is 52.1 Å². The van der Waals surface area contributed by atoms with Crippen LogP contribution in [0.15, 0.2) is 4.99 Å².